The van der Waals surface area contributed by atoms with E-state index in [0.717, 1.165) is 41.5 Å². The molecule has 1 unspecified atom stereocenters. The van der Waals surface area contributed by atoms with Crippen molar-refractivity contribution < 1.29 is 0 Å². The summed E-state index contributed by atoms with van der Waals surface area (Å²) in [7, 11) is 1.93. The lowest BCUT2D eigenvalue weighted by molar-refractivity contribution is 0.516. The van der Waals surface area contributed by atoms with E-state index in [1.807, 2.05) is 25.6 Å². The molecule has 0 bridgehead atoms. The Kier molecular flexibility index (Phi) is 5.12. The van der Waals surface area contributed by atoms with Crippen LogP contribution in [0, 0.1) is 13.8 Å². The first kappa shape index (κ1) is 15.4. The summed E-state index contributed by atoms with van der Waals surface area (Å²) < 4.78 is 5.90. The fourth-order valence-corrected chi connectivity index (χ4v) is 3.18. The highest BCUT2D eigenvalue weighted by molar-refractivity contribution is 7.05. The zero-order chi connectivity index (χ0) is 14.7. The van der Waals surface area contributed by atoms with Crippen molar-refractivity contribution in [3.05, 3.63) is 27.0 Å². The molecule has 20 heavy (non-hydrogen) atoms. The molecule has 0 aliphatic carbocycles. The molecule has 0 fully saturated rings. The van der Waals surface area contributed by atoms with Crippen molar-refractivity contribution in [2.75, 3.05) is 6.54 Å². The fourth-order valence-electron chi connectivity index (χ4n) is 2.23. The summed E-state index contributed by atoms with van der Waals surface area (Å²) in [5.41, 5.74) is 2.90. The van der Waals surface area contributed by atoms with Crippen LogP contribution in [0.2, 0.25) is 5.02 Å². The molecule has 0 aromatic carbocycles. The van der Waals surface area contributed by atoms with Gasteiger partial charge in [-0.1, -0.05) is 23.0 Å². The largest absolute Gasteiger partial charge is 0.309 e. The maximum Gasteiger partial charge on any atom is 0.0847 e. The molecule has 5 nitrogen and oxygen atoms in total. The van der Waals surface area contributed by atoms with E-state index >= 15 is 0 Å². The van der Waals surface area contributed by atoms with Gasteiger partial charge in [0.15, 0.2) is 0 Å². The molecule has 1 N–H and O–H groups in total. The van der Waals surface area contributed by atoms with Gasteiger partial charge in [-0.3, -0.25) is 4.68 Å². The van der Waals surface area contributed by atoms with Gasteiger partial charge in [0.05, 0.1) is 33.0 Å². The number of rotatable bonds is 6. The predicted octanol–water partition coefficient (Wildman–Crippen LogP) is 2.83. The van der Waals surface area contributed by atoms with E-state index in [4.69, 9.17) is 11.6 Å². The van der Waals surface area contributed by atoms with Gasteiger partial charge in [0.25, 0.3) is 0 Å². The normalized spacial score (nSPS) is 12.8. The number of nitrogens with one attached hydrogen (secondary N) is 1. The average Bonchev–Trinajstić information content (AvgIpc) is 2.93. The minimum atomic E-state index is 0.183. The van der Waals surface area contributed by atoms with Crippen LogP contribution in [-0.2, 0) is 13.5 Å². The van der Waals surface area contributed by atoms with E-state index in [1.165, 1.54) is 16.4 Å². The van der Waals surface area contributed by atoms with Crippen molar-refractivity contribution in [3.63, 3.8) is 0 Å². The molecule has 0 amide bonds. The molecule has 2 rings (SSSR count). The Labute approximate surface area is 128 Å². The first-order valence-corrected chi connectivity index (χ1v) is 7.89. The Morgan fingerprint density at radius 1 is 1.35 bits per heavy atom. The molecule has 0 aliphatic heterocycles. The predicted molar refractivity (Wildman–Crippen MR) is 82.3 cm³/mol. The fraction of sp³-hybridized carbons (Fsp3) is 0.615. The van der Waals surface area contributed by atoms with E-state index in [-0.39, 0.29) is 6.04 Å². The molecule has 0 saturated heterocycles. The molecule has 2 aromatic heterocycles. The van der Waals surface area contributed by atoms with E-state index in [9.17, 15) is 0 Å². The van der Waals surface area contributed by atoms with Crippen molar-refractivity contribution in [2.24, 2.45) is 7.05 Å². The van der Waals surface area contributed by atoms with Gasteiger partial charge in [0.2, 0.25) is 0 Å². The second-order valence-electron chi connectivity index (χ2n) is 4.90. The molecule has 1 atom stereocenters. The molecule has 0 aliphatic rings. The lowest BCUT2D eigenvalue weighted by Gasteiger charge is -2.17. The lowest BCUT2D eigenvalue weighted by atomic mass is 10.1. The van der Waals surface area contributed by atoms with Crippen LogP contribution in [0.3, 0.4) is 0 Å². The SMILES string of the molecule is CCCNC(Cc1c(Cl)c(C)nn1C)c1snnc1C. The van der Waals surface area contributed by atoms with Crippen molar-refractivity contribution >= 4 is 23.1 Å². The van der Waals surface area contributed by atoms with Crippen LogP contribution in [0.15, 0.2) is 0 Å². The topological polar surface area (TPSA) is 55.6 Å². The highest BCUT2D eigenvalue weighted by Crippen LogP contribution is 2.28. The van der Waals surface area contributed by atoms with Gasteiger partial charge < -0.3 is 5.32 Å². The van der Waals surface area contributed by atoms with Gasteiger partial charge >= 0.3 is 0 Å². The number of aryl methyl sites for hydroxylation is 3. The first-order chi connectivity index (χ1) is 9.54. The van der Waals surface area contributed by atoms with Crippen LogP contribution >= 0.6 is 23.1 Å². The molecular weight excluding hydrogens is 294 g/mol. The van der Waals surface area contributed by atoms with Crippen molar-refractivity contribution in [3.8, 4) is 0 Å². The molecule has 0 spiro atoms. The minimum Gasteiger partial charge on any atom is -0.309 e. The van der Waals surface area contributed by atoms with Crippen LogP contribution in [0.25, 0.3) is 0 Å². The Balaban J connectivity index is 2.26. The van der Waals surface area contributed by atoms with E-state index in [2.05, 4.69) is 26.9 Å². The summed E-state index contributed by atoms with van der Waals surface area (Å²) in [6.07, 6.45) is 1.88. The number of hydrogen-bond donors (Lipinski definition) is 1. The molecule has 2 aromatic rings. The second kappa shape index (κ2) is 6.65. The molecule has 110 valence electrons. The summed E-state index contributed by atoms with van der Waals surface area (Å²) in [6.45, 7) is 7.04. The number of hydrogen-bond acceptors (Lipinski definition) is 5. The molecule has 0 saturated carbocycles. The number of aromatic nitrogens is 4. The summed E-state index contributed by atoms with van der Waals surface area (Å²) in [4.78, 5) is 1.17. The van der Waals surface area contributed by atoms with Gasteiger partial charge in [0, 0.05) is 13.5 Å². The smallest absolute Gasteiger partial charge is 0.0847 e. The van der Waals surface area contributed by atoms with Gasteiger partial charge in [-0.2, -0.15) is 5.10 Å². The Morgan fingerprint density at radius 2 is 2.10 bits per heavy atom. The van der Waals surface area contributed by atoms with Gasteiger partial charge in [-0.15, -0.1) is 5.10 Å². The average molecular weight is 314 g/mol. The maximum absolute atomic E-state index is 6.35. The number of halogens is 1. The standard InChI is InChI=1S/C13H20ClN5S/c1-5-6-15-10(13-9(3)16-18-20-13)7-11-12(14)8(2)17-19(11)4/h10,15H,5-7H2,1-4H3. The Hall–Kier alpha value is -0.980. The summed E-state index contributed by atoms with van der Waals surface area (Å²) in [5, 5.41) is 12.8. The zero-order valence-electron chi connectivity index (χ0n) is 12.3. The highest BCUT2D eigenvalue weighted by Gasteiger charge is 2.21. The molecular formula is C13H20ClN5S. The molecule has 7 heteroatoms. The summed E-state index contributed by atoms with van der Waals surface area (Å²) in [5.74, 6) is 0. The molecule has 0 radical (unpaired) electrons. The number of nitrogens with zero attached hydrogens (tertiary/aromatic N) is 4. The quantitative estimate of drug-likeness (QED) is 0.891. The lowest BCUT2D eigenvalue weighted by Crippen LogP contribution is -2.25. The third-order valence-corrected chi connectivity index (χ3v) is 4.73. The first-order valence-electron chi connectivity index (χ1n) is 6.74. The third-order valence-electron chi connectivity index (χ3n) is 3.30. The van der Waals surface area contributed by atoms with Crippen molar-refractivity contribution in [2.45, 2.75) is 39.7 Å². The zero-order valence-corrected chi connectivity index (χ0v) is 13.8. The van der Waals surface area contributed by atoms with Gasteiger partial charge in [-0.05, 0) is 38.3 Å². The van der Waals surface area contributed by atoms with Crippen LogP contribution in [0.1, 0.15) is 41.3 Å². The molecule has 2 heterocycles. The van der Waals surface area contributed by atoms with Crippen molar-refractivity contribution in [1.29, 1.82) is 0 Å². The third kappa shape index (κ3) is 3.19. The van der Waals surface area contributed by atoms with Gasteiger partial charge in [-0.25, -0.2) is 0 Å². The van der Waals surface area contributed by atoms with Crippen LogP contribution in [0.5, 0.6) is 0 Å². The van der Waals surface area contributed by atoms with Crippen LogP contribution in [-0.4, -0.2) is 25.9 Å². The van der Waals surface area contributed by atoms with E-state index in [0.29, 0.717) is 0 Å². The maximum atomic E-state index is 6.35. The van der Waals surface area contributed by atoms with E-state index < -0.39 is 0 Å². The summed E-state index contributed by atoms with van der Waals surface area (Å²) in [6, 6.07) is 0.183. The highest BCUT2D eigenvalue weighted by atomic mass is 35.5. The minimum absolute atomic E-state index is 0.183. The monoisotopic (exact) mass is 313 g/mol. The second-order valence-corrected chi connectivity index (χ2v) is 6.07. The van der Waals surface area contributed by atoms with Crippen LogP contribution in [0.4, 0.5) is 0 Å². The Bertz CT molecular complexity index is 577. The van der Waals surface area contributed by atoms with Crippen LogP contribution < -0.4 is 5.32 Å². The van der Waals surface area contributed by atoms with Gasteiger partial charge in [0.1, 0.15) is 0 Å². The summed E-state index contributed by atoms with van der Waals surface area (Å²) >= 11 is 7.80. The van der Waals surface area contributed by atoms with Crippen molar-refractivity contribution in [1.82, 2.24) is 24.7 Å². The Morgan fingerprint density at radius 3 is 2.60 bits per heavy atom. The van der Waals surface area contributed by atoms with E-state index in [1.54, 1.807) is 0 Å².